The first-order chi connectivity index (χ1) is 10.8. The lowest BCUT2D eigenvalue weighted by Gasteiger charge is -2.12. The molecule has 0 heterocycles. The van der Waals surface area contributed by atoms with Crippen molar-refractivity contribution in [1.29, 1.82) is 0 Å². The van der Waals surface area contributed by atoms with Crippen LogP contribution in [0.15, 0.2) is 18.2 Å². The molecular formula is C18H28N2O3. The van der Waals surface area contributed by atoms with E-state index in [9.17, 15) is 9.59 Å². The van der Waals surface area contributed by atoms with Crippen LogP contribution in [-0.2, 0) is 9.59 Å². The molecule has 0 aliphatic carbocycles. The molecule has 5 nitrogen and oxygen atoms in total. The summed E-state index contributed by atoms with van der Waals surface area (Å²) in [5.74, 6) is 0.443. The van der Waals surface area contributed by atoms with Crippen LogP contribution < -0.4 is 10.1 Å². The van der Waals surface area contributed by atoms with Gasteiger partial charge in [-0.2, -0.15) is 0 Å². The number of hydrogen-bond donors (Lipinski definition) is 1. The quantitative estimate of drug-likeness (QED) is 0.590. The topological polar surface area (TPSA) is 58.6 Å². The molecule has 1 rings (SSSR count). The van der Waals surface area contributed by atoms with Crippen LogP contribution in [-0.4, -0.2) is 44.0 Å². The molecule has 5 heteroatoms. The predicted octanol–water partition coefficient (Wildman–Crippen LogP) is 2.48. The molecule has 1 N–H and O–H groups in total. The lowest BCUT2D eigenvalue weighted by Crippen LogP contribution is -2.31. The number of rotatable bonds is 8. The molecule has 0 aromatic heterocycles. The van der Waals surface area contributed by atoms with Crippen LogP contribution in [0, 0.1) is 6.92 Å². The Kier molecular flexibility index (Phi) is 7.75. The molecule has 0 bridgehead atoms. The van der Waals surface area contributed by atoms with Gasteiger partial charge in [0.05, 0.1) is 6.42 Å². The summed E-state index contributed by atoms with van der Waals surface area (Å²) in [4.78, 5) is 25.6. The van der Waals surface area contributed by atoms with Crippen LogP contribution >= 0.6 is 0 Å². The lowest BCUT2D eigenvalue weighted by atomic mass is 10.0. The maximum absolute atomic E-state index is 11.9. The van der Waals surface area contributed by atoms with Crippen molar-refractivity contribution >= 4 is 11.9 Å². The van der Waals surface area contributed by atoms with Gasteiger partial charge in [-0.15, -0.1) is 0 Å². The van der Waals surface area contributed by atoms with E-state index in [1.165, 1.54) is 0 Å². The number of nitrogens with zero attached hydrogens (tertiary/aromatic N) is 1. The van der Waals surface area contributed by atoms with E-state index < -0.39 is 0 Å². The molecule has 0 unspecified atom stereocenters. The highest BCUT2D eigenvalue weighted by Gasteiger charge is 2.12. The minimum atomic E-state index is -0.378. The Hall–Kier alpha value is -1.88. The molecule has 0 radical (unpaired) electrons. The maximum atomic E-state index is 11.9. The van der Waals surface area contributed by atoms with Crippen molar-refractivity contribution in [3.8, 4) is 5.75 Å². The third kappa shape index (κ3) is 7.28. The Morgan fingerprint density at radius 1 is 1.22 bits per heavy atom. The average molecular weight is 320 g/mol. The number of aryl methyl sites for hydroxylation is 1. The molecule has 128 valence electrons. The SMILES string of the molecule is Cc1ccc(C(C)C)cc1OC(=O)CCC(=O)NCCN(C)C. The molecular weight excluding hydrogens is 292 g/mol. The minimum absolute atomic E-state index is 0.0825. The number of benzene rings is 1. The van der Waals surface area contributed by atoms with Crippen molar-refractivity contribution in [3.05, 3.63) is 29.3 Å². The van der Waals surface area contributed by atoms with E-state index in [1.807, 2.05) is 44.1 Å². The Labute approximate surface area is 139 Å². The third-order valence-electron chi connectivity index (χ3n) is 3.54. The first-order valence-corrected chi connectivity index (χ1v) is 8.02. The van der Waals surface area contributed by atoms with E-state index in [0.29, 0.717) is 18.2 Å². The van der Waals surface area contributed by atoms with E-state index in [2.05, 4.69) is 19.2 Å². The summed E-state index contributed by atoms with van der Waals surface area (Å²) in [6.07, 6.45) is 0.230. The summed E-state index contributed by atoms with van der Waals surface area (Å²) >= 11 is 0. The van der Waals surface area contributed by atoms with Gasteiger partial charge in [-0.3, -0.25) is 9.59 Å². The molecule has 0 aliphatic rings. The zero-order valence-corrected chi connectivity index (χ0v) is 14.8. The molecule has 0 saturated carbocycles. The number of esters is 1. The fourth-order valence-electron chi connectivity index (χ4n) is 1.98. The van der Waals surface area contributed by atoms with Crippen LogP contribution in [0.2, 0.25) is 0 Å². The Bertz CT molecular complexity index is 539. The fourth-order valence-corrected chi connectivity index (χ4v) is 1.98. The van der Waals surface area contributed by atoms with Gasteiger partial charge in [-0.25, -0.2) is 0 Å². The van der Waals surface area contributed by atoms with Crippen molar-refractivity contribution in [2.24, 2.45) is 0 Å². The van der Waals surface area contributed by atoms with E-state index in [-0.39, 0.29) is 24.7 Å². The van der Waals surface area contributed by atoms with Gasteiger partial charge in [0.15, 0.2) is 0 Å². The Balaban J connectivity index is 2.45. The van der Waals surface area contributed by atoms with Gasteiger partial charge in [0.25, 0.3) is 0 Å². The number of carbonyl (C=O) groups is 2. The number of nitrogens with one attached hydrogen (secondary N) is 1. The van der Waals surface area contributed by atoms with Gasteiger partial charge in [-0.05, 0) is 44.1 Å². The van der Waals surface area contributed by atoms with Crippen LogP contribution in [0.5, 0.6) is 5.75 Å². The zero-order valence-electron chi connectivity index (χ0n) is 14.8. The molecule has 23 heavy (non-hydrogen) atoms. The van der Waals surface area contributed by atoms with Crippen LogP contribution in [0.25, 0.3) is 0 Å². The number of hydrogen-bond acceptors (Lipinski definition) is 4. The van der Waals surface area contributed by atoms with Crippen LogP contribution in [0.3, 0.4) is 0 Å². The smallest absolute Gasteiger partial charge is 0.311 e. The normalized spacial score (nSPS) is 10.9. The molecule has 0 spiro atoms. The first-order valence-electron chi connectivity index (χ1n) is 8.02. The second-order valence-electron chi connectivity index (χ2n) is 6.31. The van der Waals surface area contributed by atoms with Gasteiger partial charge >= 0.3 is 5.97 Å². The Morgan fingerprint density at radius 3 is 2.52 bits per heavy atom. The summed E-state index contributed by atoms with van der Waals surface area (Å²) in [6.45, 7) is 7.44. The summed E-state index contributed by atoms with van der Waals surface area (Å²) in [5, 5.41) is 2.78. The molecule has 0 aliphatic heterocycles. The summed E-state index contributed by atoms with van der Waals surface area (Å²) in [5.41, 5.74) is 2.04. The molecule has 0 saturated heterocycles. The fraction of sp³-hybridized carbons (Fsp3) is 0.556. The minimum Gasteiger partial charge on any atom is -0.426 e. The monoisotopic (exact) mass is 320 g/mol. The summed E-state index contributed by atoms with van der Waals surface area (Å²) in [7, 11) is 3.88. The van der Waals surface area contributed by atoms with Gasteiger partial charge in [0.2, 0.25) is 5.91 Å². The van der Waals surface area contributed by atoms with Crippen molar-refractivity contribution in [3.63, 3.8) is 0 Å². The molecule has 1 amide bonds. The molecule has 0 fully saturated rings. The molecule has 0 atom stereocenters. The van der Waals surface area contributed by atoms with Crippen molar-refractivity contribution in [1.82, 2.24) is 10.2 Å². The number of carbonyl (C=O) groups excluding carboxylic acids is 2. The van der Waals surface area contributed by atoms with Crippen molar-refractivity contribution in [2.45, 2.75) is 39.5 Å². The summed E-state index contributed by atoms with van der Waals surface area (Å²) in [6, 6.07) is 5.89. The van der Waals surface area contributed by atoms with E-state index in [4.69, 9.17) is 4.74 Å². The third-order valence-corrected chi connectivity index (χ3v) is 3.54. The second kappa shape index (κ2) is 9.30. The highest BCUT2D eigenvalue weighted by atomic mass is 16.5. The van der Waals surface area contributed by atoms with Crippen molar-refractivity contribution in [2.75, 3.05) is 27.2 Å². The van der Waals surface area contributed by atoms with Gasteiger partial charge in [0, 0.05) is 19.5 Å². The summed E-state index contributed by atoms with van der Waals surface area (Å²) < 4.78 is 5.40. The zero-order chi connectivity index (χ0) is 17.4. The van der Waals surface area contributed by atoms with Gasteiger partial charge < -0.3 is 15.0 Å². The largest absolute Gasteiger partial charge is 0.426 e. The maximum Gasteiger partial charge on any atom is 0.311 e. The predicted molar refractivity (Wildman–Crippen MR) is 91.7 cm³/mol. The van der Waals surface area contributed by atoms with Gasteiger partial charge in [0.1, 0.15) is 5.75 Å². The van der Waals surface area contributed by atoms with Gasteiger partial charge in [-0.1, -0.05) is 26.0 Å². The lowest BCUT2D eigenvalue weighted by molar-refractivity contribution is -0.136. The van der Waals surface area contributed by atoms with E-state index in [0.717, 1.165) is 17.7 Å². The number of likely N-dealkylation sites (N-methyl/N-ethyl adjacent to an activating group) is 1. The average Bonchev–Trinajstić information content (AvgIpc) is 2.46. The first kappa shape index (κ1) is 19.2. The van der Waals surface area contributed by atoms with E-state index >= 15 is 0 Å². The van der Waals surface area contributed by atoms with Crippen LogP contribution in [0.1, 0.15) is 43.7 Å². The Morgan fingerprint density at radius 2 is 1.91 bits per heavy atom. The standard InChI is InChI=1S/C18H28N2O3/c1-13(2)15-7-6-14(3)16(12-15)23-18(22)9-8-17(21)19-10-11-20(4)5/h6-7,12-13H,8-11H2,1-5H3,(H,19,21). The number of amides is 1. The highest BCUT2D eigenvalue weighted by Crippen LogP contribution is 2.24. The highest BCUT2D eigenvalue weighted by molar-refractivity contribution is 5.82. The number of ether oxygens (including phenoxy) is 1. The van der Waals surface area contributed by atoms with E-state index in [1.54, 1.807) is 0 Å². The second-order valence-corrected chi connectivity index (χ2v) is 6.31. The molecule has 1 aromatic carbocycles. The van der Waals surface area contributed by atoms with Crippen molar-refractivity contribution < 1.29 is 14.3 Å². The molecule has 1 aromatic rings. The van der Waals surface area contributed by atoms with Crippen LogP contribution in [0.4, 0.5) is 0 Å².